The Bertz CT molecular complexity index is 810. The fourth-order valence-electron chi connectivity index (χ4n) is 3.75. The lowest BCUT2D eigenvalue weighted by Crippen LogP contribution is -2.51. The molecule has 0 bridgehead atoms. The number of hydrogen-bond donors (Lipinski definition) is 1. The molecule has 2 aliphatic rings. The summed E-state index contributed by atoms with van der Waals surface area (Å²) in [6.45, 7) is 7.69. The van der Waals surface area contributed by atoms with Gasteiger partial charge in [-0.1, -0.05) is 23.7 Å². The zero-order valence-electron chi connectivity index (χ0n) is 16.6. The summed E-state index contributed by atoms with van der Waals surface area (Å²) in [4.78, 5) is 11.5. The Morgan fingerprint density at radius 2 is 1.38 bits per heavy atom. The fraction of sp³-hybridized carbons (Fsp3) is 0.409. The number of anilines is 2. The van der Waals surface area contributed by atoms with Gasteiger partial charge in [-0.15, -0.1) is 0 Å². The van der Waals surface area contributed by atoms with Crippen LogP contribution >= 0.6 is 11.6 Å². The van der Waals surface area contributed by atoms with Crippen LogP contribution in [0.3, 0.4) is 0 Å². The van der Waals surface area contributed by atoms with Crippen molar-refractivity contribution in [1.82, 2.24) is 4.90 Å². The van der Waals surface area contributed by atoms with Gasteiger partial charge in [0.1, 0.15) is 0 Å². The molecule has 2 N–H and O–H groups in total. The van der Waals surface area contributed by atoms with Gasteiger partial charge in [0.15, 0.2) is 5.96 Å². The second-order valence-electron chi connectivity index (χ2n) is 7.39. The van der Waals surface area contributed by atoms with Gasteiger partial charge in [-0.05, 0) is 42.0 Å². The first kappa shape index (κ1) is 19.9. The first-order valence-electron chi connectivity index (χ1n) is 10.2. The molecule has 0 saturated carbocycles. The predicted molar refractivity (Wildman–Crippen MR) is 120 cm³/mol. The summed E-state index contributed by atoms with van der Waals surface area (Å²) < 4.78 is 5.42. The van der Waals surface area contributed by atoms with E-state index in [-0.39, 0.29) is 0 Å². The van der Waals surface area contributed by atoms with Gasteiger partial charge in [0.2, 0.25) is 0 Å². The van der Waals surface area contributed by atoms with Crippen molar-refractivity contribution >= 4 is 28.9 Å². The minimum Gasteiger partial charge on any atom is -0.378 e. The maximum atomic E-state index is 6.26. The monoisotopic (exact) mass is 413 g/mol. The Balaban J connectivity index is 1.28. The fourth-order valence-corrected chi connectivity index (χ4v) is 3.88. The molecule has 0 unspecified atom stereocenters. The van der Waals surface area contributed by atoms with Crippen LogP contribution in [0.4, 0.5) is 11.4 Å². The van der Waals surface area contributed by atoms with Crippen LogP contribution in [-0.2, 0) is 11.3 Å². The highest BCUT2D eigenvalue weighted by molar-refractivity contribution is 6.30. The number of guanidine groups is 1. The number of piperazine rings is 1. The minimum atomic E-state index is 0.604. The van der Waals surface area contributed by atoms with Gasteiger partial charge in [0, 0.05) is 55.7 Å². The van der Waals surface area contributed by atoms with Gasteiger partial charge < -0.3 is 25.2 Å². The topological polar surface area (TPSA) is 57.3 Å². The van der Waals surface area contributed by atoms with Crippen molar-refractivity contribution in [1.29, 1.82) is 0 Å². The molecule has 2 heterocycles. The minimum absolute atomic E-state index is 0.604. The van der Waals surface area contributed by atoms with E-state index >= 15 is 0 Å². The van der Waals surface area contributed by atoms with Crippen molar-refractivity contribution in [2.24, 2.45) is 10.7 Å². The third-order valence-corrected chi connectivity index (χ3v) is 5.78. The van der Waals surface area contributed by atoms with E-state index in [1.165, 1.54) is 16.9 Å². The maximum absolute atomic E-state index is 6.26. The zero-order valence-corrected chi connectivity index (χ0v) is 17.4. The average molecular weight is 414 g/mol. The molecular formula is C22H28ClN5O. The van der Waals surface area contributed by atoms with E-state index in [9.17, 15) is 0 Å². The Hall–Kier alpha value is -2.44. The Kier molecular flexibility index (Phi) is 6.42. The van der Waals surface area contributed by atoms with Gasteiger partial charge in [0.05, 0.1) is 19.8 Å². The summed E-state index contributed by atoms with van der Waals surface area (Å²) in [7, 11) is 0. The Morgan fingerprint density at radius 3 is 2.00 bits per heavy atom. The van der Waals surface area contributed by atoms with E-state index < -0.39 is 0 Å². The zero-order chi connectivity index (χ0) is 20.1. The Morgan fingerprint density at radius 1 is 0.828 bits per heavy atom. The molecule has 0 radical (unpaired) electrons. The summed E-state index contributed by atoms with van der Waals surface area (Å²) in [5.74, 6) is 0.623. The number of halogens is 1. The van der Waals surface area contributed by atoms with Crippen molar-refractivity contribution in [2.45, 2.75) is 6.54 Å². The van der Waals surface area contributed by atoms with Crippen LogP contribution in [0, 0.1) is 0 Å². The van der Waals surface area contributed by atoms with E-state index in [1.54, 1.807) is 0 Å². The molecule has 4 rings (SSSR count). The number of ether oxygens (including phenoxy) is 1. The number of aliphatic imine (C=N–C) groups is 1. The van der Waals surface area contributed by atoms with Crippen LogP contribution in [0.1, 0.15) is 5.56 Å². The van der Waals surface area contributed by atoms with Crippen molar-refractivity contribution in [3.05, 3.63) is 59.1 Å². The lowest BCUT2D eigenvalue weighted by Gasteiger charge is -2.36. The Labute approximate surface area is 177 Å². The number of nitrogens with zero attached hydrogens (tertiary/aromatic N) is 4. The molecule has 0 atom stereocenters. The molecule has 2 aromatic rings. The lowest BCUT2D eigenvalue weighted by atomic mass is 10.2. The maximum Gasteiger partial charge on any atom is 0.191 e. The standard InChI is InChI=1S/C22H28ClN5O/c23-19-3-7-21(8-4-19)26-9-11-28(12-10-26)22(24)25-17-18-1-5-20(6-2-18)27-13-15-29-16-14-27/h1-8H,9-17H2,(H2,24,25). The number of hydrogen-bond acceptors (Lipinski definition) is 4. The van der Waals surface area contributed by atoms with Gasteiger partial charge in [0.25, 0.3) is 0 Å². The van der Waals surface area contributed by atoms with Gasteiger partial charge >= 0.3 is 0 Å². The van der Waals surface area contributed by atoms with Crippen LogP contribution in [0.25, 0.3) is 0 Å². The molecule has 29 heavy (non-hydrogen) atoms. The average Bonchev–Trinajstić information content (AvgIpc) is 2.79. The molecule has 6 nitrogen and oxygen atoms in total. The second-order valence-corrected chi connectivity index (χ2v) is 7.83. The molecule has 2 aromatic carbocycles. The van der Waals surface area contributed by atoms with Crippen molar-refractivity contribution in [2.75, 3.05) is 62.3 Å². The molecule has 0 aromatic heterocycles. The van der Waals surface area contributed by atoms with Crippen molar-refractivity contribution in [3.8, 4) is 0 Å². The largest absolute Gasteiger partial charge is 0.378 e. The number of nitrogens with two attached hydrogens (primary N) is 1. The van der Waals surface area contributed by atoms with Gasteiger partial charge in [-0.2, -0.15) is 0 Å². The molecule has 0 spiro atoms. The summed E-state index contributed by atoms with van der Waals surface area (Å²) in [5.41, 5.74) is 9.88. The van der Waals surface area contributed by atoms with E-state index in [2.05, 4.69) is 56.1 Å². The smallest absolute Gasteiger partial charge is 0.191 e. The molecule has 2 saturated heterocycles. The van der Waals surface area contributed by atoms with Crippen LogP contribution in [-0.4, -0.2) is 63.3 Å². The lowest BCUT2D eigenvalue weighted by molar-refractivity contribution is 0.122. The SMILES string of the molecule is NC(=NCc1ccc(N2CCOCC2)cc1)N1CCN(c2ccc(Cl)cc2)CC1. The number of morpholine rings is 1. The molecule has 154 valence electrons. The van der Waals surface area contributed by atoms with Crippen LogP contribution in [0.15, 0.2) is 53.5 Å². The van der Waals surface area contributed by atoms with Crippen LogP contribution in [0.2, 0.25) is 5.02 Å². The van der Waals surface area contributed by atoms with E-state index in [4.69, 9.17) is 22.1 Å². The summed E-state index contributed by atoms with van der Waals surface area (Å²) >= 11 is 5.98. The van der Waals surface area contributed by atoms with E-state index in [0.29, 0.717) is 12.5 Å². The highest BCUT2D eigenvalue weighted by atomic mass is 35.5. The normalized spacial score (nSPS) is 18.2. The number of rotatable bonds is 4. The van der Waals surface area contributed by atoms with Gasteiger partial charge in [-0.25, -0.2) is 4.99 Å². The molecule has 0 aliphatic carbocycles. The first-order chi connectivity index (χ1) is 14.2. The van der Waals surface area contributed by atoms with E-state index in [0.717, 1.165) is 57.5 Å². The predicted octanol–water partition coefficient (Wildman–Crippen LogP) is 2.81. The summed E-state index contributed by atoms with van der Waals surface area (Å²) in [6, 6.07) is 16.6. The van der Waals surface area contributed by atoms with Gasteiger partial charge in [-0.3, -0.25) is 0 Å². The summed E-state index contributed by atoms with van der Waals surface area (Å²) in [6.07, 6.45) is 0. The third-order valence-electron chi connectivity index (χ3n) is 5.53. The highest BCUT2D eigenvalue weighted by Crippen LogP contribution is 2.20. The third kappa shape index (κ3) is 5.14. The quantitative estimate of drug-likeness (QED) is 0.617. The molecule has 0 amide bonds. The van der Waals surface area contributed by atoms with E-state index in [1.807, 2.05) is 12.1 Å². The van der Waals surface area contributed by atoms with Crippen molar-refractivity contribution in [3.63, 3.8) is 0 Å². The first-order valence-corrected chi connectivity index (χ1v) is 10.5. The number of benzene rings is 2. The van der Waals surface area contributed by atoms with Crippen LogP contribution in [0.5, 0.6) is 0 Å². The molecule has 2 fully saturated rings. The van der Waals surface area contributed by atoms with Crippen molar-refractivity contribution < 1.29 is 4.74 Å². The summed E-state index contributed by atoms with van der Waals surface area (Å²) in [5, 5.41) is 0.766. The molecular weight excluding hydrogens is 386 g/mol. The molecule has 2 aliphatic heterocycles. The highest BCUT2D eigenvalue weighted by Gasteiger charge is 2.18. The molecule has 7 heteroatoms. The second kappa shape index (κ2) is 9.37. The van der Waals surface area contributed by atoms with Crippen LogP contribution < -0.4 is 15.5 Å².